The van der Waals surface area contributed by atoms with Crippen LogP contribution in [0, 0.1) is 0 Å². The normalized spacial score (nSPS) is 11.9. The molecule has 0 spiro atoms. The van der Waals surface area contributed by atoms with E-state index in [-0.39, 0.29) is 11.7 Å². The number of rotatable bonds is 8. The van der Waals surface area contributed by atoms with Gasteiger partial charge in [0.05, 0.1) is 10.8 Å². The topological polar surface area (TPSA) is 69.0 Å². The lowest BCUT2D eigenvalue weighted by atomic mass is 10.3. The number of anilines is 1. The summed E-state index contributed by atoms with van der Waals surface area (Å²) in [5.41, 5.74) is 0.683. The fourth-order valence-electron chi connectivity index (χ4n) is 2.68. The first-order valence-electron chi connectivity index (χ1n) is 9.10. The van der Waals surface area contributed by atoms with Crippen LogP contribution in [-0.2, 0) is 11.3 Å². The minimum absolute atomic E-state index is 0.149. The minimum Gasteiger partial charge on any atom is -0.481 e. The van der Waals surface area contributed by atoms with Crippen LogP contribution in [0.2, 0.25) is 15.1 Å². The molecule has 30 heavy (non-hydrogen) atoms. The van der Waals surface area contributed by atoms with Gasteiger partial charge in [-0.05, 0) is 50.2 Å². The van der Waals surface area contributed by atoms with Crippen LogP contribution in [0.4, 0.5) is 5.69 Å². The summed E-state index contributed by atoms with van der Waals surface area (Å²) in [6, 6.07) is 12.0. The number of amides is 1. The second kappa shape index (κ2) is 10.4. The Kier molecular flexibility index (Phi) is 7.88. The average Bonchev–Trinajstić information content (AvgIpc) is 3.14. The SMILES string of the molecule is CCn1c(SCC(=O)Nc2ccc(Cl)cc2)nnc1C(C)Oc1cc(Cl)ccc1Cl. The van der Waals surface area contributed by atoms with Crippen molar-refractivity contribution in [3.8, 4) is 5.75 Å². The molecule has 0 saturated heterocycles. The van der Waals surface area contributed by atoms with E-state index in [1.54, 1.807) is 42.5 Å². The summed E-state index contributed by atoms with van der Waals surface area (Å²) in [6.07, 6.45) is -0.411. The van der Waals surface area contributed by atoms with E-state index in [2.05, 4.69) is 15.5 Å². The highest BCUT2D eigenvalue weighted by Gasteiger charge is 2.20. The van der Waals surface area contributed by atoms with Crippen molar-refractivity contribution in [2.75, 3.05) is 11.1 Å². The Hall–Kier alpha value is -1.93. The first kappa shape index (κ1) is 22.7. The third-order valence-corrected chi connectivity index (χ3v) is 5.85. The number of nitrogens with zero attached hydrogens (tertiary/aromatic N) is 3. The maximum atomic E-state index is 12.2. The maximum absolute atomic E-state index is 12.2. The van der Waals surface area contributed by atoms with Gasteiger partial charge >= 0.3 is 0 Å². The van der Waals surface area contributed by atoms with Crippen LogP contribution in [0.15, 0.2) is 47.6 Å². The van der Waals surface area contributed by atoms with E-state index >= 15 is 0 Å². The second-order valence-electron chi connectivity index (χ2n) is 6.26. The summed E-state index contributed by atoms with van der Waals surface area (Å²) in [5, 5.41) is 13.5. The molecule has 1 unspecified atom stereocenters. The molecule has 1 amide bonds. The van der Waals surface area contributed by atoms with Gasteiger partial charge in [-0.2, -0.15) is 0 Å². The second-order valence-corrected chi connectivity index (χ2v) is 8.49. The lowest BCUT2D eigenvalue weighted by Crippen LogP contribution is -2.15. The van der Waals surface area contributed by atoms with E-state index < -0.39 is 6.10 Å². The Morgan fingerprint density at radius 3 is 2.53 bits per heavy atom. The standard InChI is InChI=1S/C20H19Cl3N4O2S/c1-3-27-19(12(2)29-17-10-14(22)6-9-16(17)23)25-26-20(27)30-11-18(28)24-15-7-4-13(21)5-8-15/h4-10,12H,3,11H2,1-2H3,(H,24,28). The van der Waals surface area contributed by atoms with Crippen LogP contribution in [-0.4, -0.2) is 26.4 Å². The summed E-state index contributed by atoms with van der Waals surface area (Å²) in [7, 11) is 0. The minimum atomic E-state index is -0.411. The molecule has 1 atom stereocenters. The first-order chi connectivity index (χ1) is 14.4. The zero-order chi connectivity index (χ0) is 21.7. The Labute approximate surface area is 193 Å². The van der Waals surface area contributed by atoms with Crippen molar-refractivity contribution in [2.24, 2.45) is 0 Å². The van der Waals surface area contributed by atoms with Gasteiger partial charge in [0.15, 0.2) is 17.1 Å². The van der Waals surface area contributed by atoms with Gasteiger partial charge < -0.3 is 14.6 Å². The summed E-state index contributed by atoms with van der Waals surface area (Å²) >= 11 is 19.4. The van der Waals surface area contributed by atoms with Crippen molar-refractivity contribution in [1.29, 1.82) is 0 Å². The van der Waals surface area contributed by atoms with Gasteiger partial charge in [-0.1, -0.05) is 46.6 Å². The van der Waals surface area contributed by atoms with Crippen LogP contribution in [0.25, 0.3) is 0 Å². The highest BCUT2D eigenvalue weighted by molar-refractivity contribution is 7.99. The van der Waals surface area contributed by atoms with E-state index in [9.17, 15) is 4.79 Å². The van der Waals surface area contributed by atoms with Crippen molar-refractivity contribution in [3.63, 3.8) is 0 Å². The molecule has 0 bridgehead atoms. The highest BCUT2D eigenvalue weighted by Crippen LogP contribution is 2.32. The number of hydrogen-bond acceptors (Lipinski definition) is 5. The van der Waals surface area contributed by atoms with Gasteiger partial charge in [0, 0.05) is 28.3 Å². The first-order valence-corrected chi connectivity index (χ1v) is 11.2. The Morgan fingerprint density at radius 2 is 1.83 bits per heavy atom. The van der Waals surface area contributed by atoms with E-state index in [4.69, 9.17) is 39.5 Å². The summed E-state index contributed by atoms with van der Waals surface area (Å²) in [5.74, 6) is 1.15. The quantitative estimate of drug-likeness (QED) is 0.389. The van der Waals surface area contributed by atoms with Crippen molar-refractivity contribution < 1.29 is 9.53 Å². The molecule has 2 aromatic carbocycles. The summed E-state index contributed by atoms with van der Waals surface area (Å²) in [4.78, 5) is 12.2. The van der Waals surface area contributed by atoms with Crippen LogP contribution in [0.5, 0.6) is 5.75 Å². The number of aromatic nitrogens is 3. The van der Waals surface area contributed by atoms with Crippen LogP contribution < -0.4 is 10.1 Å². The maximum Gasteiger partial charge on any atom is 0.234 e. The van der Waals surface area contributed by atoms with Gasteiger partial charge in [-0.25, -0.2) is 0 Å². The Bertz CT molecular complexity index is 1030. The van der Waals surface area contributed by atoms with E-state index in [0.717, 1.165) is 0 Å². The average molecular weight is 486 g/mol. The Balaban J connectivity index is 1.65. The molecule has 1 N–H and O–H groups in total. The molecular weight excluding hydrogens is 467 g/mol. The molecule has 0 aliphatic rings. The van der Waals surface area contributed by atoms with Crippen molar-refractivity contribution >= 4 is 58.2 Å². The molecule has 6 nitrogen and oxygen atoms in total. The van der Waals surface area contributed by atoms with Crippen LogP contribution in [0.1, 0.15) is 25.8 Å². The predicted octanol–water partition coefficient (Wildman–Crippen LogP) is 6.13. The molecular formula is C20H19Cl3N4O2S. The van der Waals surface area contributed by atoms with E-state index in [1.807, 2.05) is 18.4 Å². The molecule has 0 saturated carbocycles. The summed E-state index contributed by atoms with van der Waals surface area (Å²) in [6.45, 7) is 4.46. The van der Waals surface area contributed by atoms with Crippen LogP contribution in [0.3, 0.4) is 0 Å². The largest absolute Gasteiger partial charge is 0.481 e. The Morgan fingerprint density at radius 1 is 1.13 bits per heavy atom. The lowest BCUT2D eigenvalue weighted by Gasteiger charge is -2.16. The molecule has 158 valence electrons. The number of thioether (sulfide) groups is 1. The number of benzene rings is 2. The highest BCUT2D eigenvalue weighted by atomic mass is 35.5. The fraction of sp³-hybridized carbons (Fsp3) is 0.250. The number of carbonyl (C=O) groups is 1. The lowest BCUT2D eigenvalue weighted by molar-refractivity contribution is -0.113. The van der Waals surface area contributed by atoms with Gasteiger partial charge in [0.2, 0.25) is 5.91 Å². The number of ether oxygens (including phenoxy) is 1. The smallest absolute Gasteiger partial charge is 0.234 e. The molecule has 0 aliphatic carbocycles. The van der Waals surface area contributed by atoms with E-state index in [1.165, 1.54) is 11.8 Å². The van der Waals surface area contributed by atoms with Crippen LogP contribution >= 0.6 is 46.6 Å². The third-order valence-electron chi connectivity index (χ3n) is 4.08. The van der Waals surface area contributed by atoms with Gasteiger partial charge in [0.25, 0.3) is 0 Å². The molecule has 0 radical (unpaired) electrons. The molecule has 1 heterocycles. The molecule has 10 heteroatoms. The number of halogens is 3. The van der Waals surface area contributed by atoms with Gasteiger partial charge in [-0.3, -0.25) is 4.79 Å². The monoisotopic (exact) mass is 484 g/mol. The zero-order valence-corrected chi connectivity index (χ0v) is 19.3. The zero-order valence-electron chi connectivity index (χ0n) is 16.2. The van der Waals surface area contributed by atoms with Crippen molar-refractivity contribution in [1.82, 2.24) is 14.8 Å². The fourth-order valence-corrected chi connectivity index (χ4v) is 3.94. The number of nitrogens with one attached hydrogen (secondary N) is 1. The van der Waals surface area contributed by atoms with Crippen molar-refractivity contribution in [3.05, 3.63) is 63.4 Å². The number of hydrogen-bond donors (Lipinski definition) is 1. The summed E-state index contributed by atoms with van der Waals surface area (Å²) < 4.78 is 7.85. The van der Waals surface area contributed by atoms with Crippen molar-refractivity contribution in [2.45, 2.75) is 31.7 Å². The van der Waals surface area contributed by atoms with Gasteiger partial charge in [-0.15, -0.1) is 10.2 Å². The molecule has 3 aromatic rings. The van der Waals surface area contributed by atoms with Gasteiger partial charge in [0.1, 0.15) is 5.75 Å². The predicted molar refractivity (Wildman–Crippen MR) is 122 cm³/mol. The molecule has 0 fully saturated rings. The van der Waals surface area contributed by atoms with E-state index in [0.29, 0.717) is 44.0 Å². The molecule has 1 aromatic heterocycles. The molecule has 3 rings (SSSR count). The third kappa shape index (κ3) is 5.82. The number of carbonyl (C=O) groups excluding carboxylic acids is 1. The molecule has 0 aliphatic heterocycles.